The zero-order valence-corrected chi connectivity index (χ0v) is 8.65. The summed E-state index contributed by atoms with van der Waals surface area (Å²) in [7, 11) is 0. The largest absolute Gasteiger partial charge is 0.508 e. The molecule has 6 nitrogen and oxygen atoms in total. The van der Waals surface area contributed by atoms with Crippen molar-refractivity contribution >= 4 is 12.1 Å². The van der Waals surface area contributed by atoms with E-state index < -0.39 is 17.5 Å². The van der Waals surface area contributed by atoms with Gasteiger partial charge >= 0.3 is 12.1 Å². The number of esters is 1. The fraction of sp³-hybridized carbons (Fsp3) is 0.778. The summed E-state index contributed by atoms with van der Waals surface area (Å²) in [5.74, 6) is -0.427. The van der Waals surface area contributed by atoms with Crippen LogP contribution in [0, 0.1) is 5.41 Å². The summed E-state index contributed by atoms with van der Waals surface area (Å²) in [6, 6.07) is 0. The molecule has 0 saturated carbocycles. The quantitative estimate of drug-likeness (QED) is 0.529. The van der Waals surface area contributed by atoms with E-state index in [1.165, 1.54) is 0 Å². The highest BCUT2D eigenvalue weighted by molar-refractivity contribution is 5.78. The smallest absolute Gasteiger partial charge is 0.465 e. The van der Waals surface area contributed by atoms with Gasteiger partial charge in [-0.05, 0) is 19.9 Å². The summed E-state index contributed by atoms with van der Waals surface area (Å²) in [6.45, 7) is 2.36. The van der Waals surface area contributed by atoms with Gasteiger partial charge in [0.05, 0.1) is 6.61 Å². The third kappa shape index (κ3) is 3.09. The van der Waals surface area contributed by atoms with E-state index in [0.717, 1.165) is 0 Å². The van der Waals surface area contributed by atoms with Crippen LogP contribution in [-0.4, -0.2) is 38.5 Å². The normalized spacial score (nSPS) is 18.9. The molecule has 1 aliphatic heterocycles. The lowest BCUT2D eigenvalue weighted by Crippen LogP contribution is -2.44. The highest BCUT2D eigenvalue weighted by Crippen LogP contribution is 2.23. The predicted octanol–water partition coefficient (Wildman–Crippen LogP) is 0.0515. The molecule has 1 rings (SSSR count). The molecule has 0 radical (unpaired) electrons. The summed E-state index contributed by atoms with van der Waals surface area (Å²) in [5, 5.41) is 0. The average molecular weight is 217 g/mol. The van der Waals surface area contributed by atoms with Crippen molar-refractivity contribution in [1.29, 1.82) is 0 Å². The molecule has 86 valence electrons. The minimum atomic E-state index is -0.900. The van der Waals surface area contributed by atoms with Crippen LogP contribution in [0.5, 0.6) is 0 Å². The van der Waals surface area contributed by atoms with Crippen molar-refractivity contribution < 1.29 is 23.8 Å². The number of rotatable bonds is 4. The molecular weight excluding hydrogens is 202 g/mol. The lowest BCUT2D eigenvalue weighted by molar-refractivity contribution is -0.166. The molecule has 0 aromatic carbocycles. The molecule has 1 heterocycles. The standard InChI is InChI=1S/C9H15NO5/c1-9(5-14-8(12)15-6-9)7(11)13-4-2-3-10/h2-6,10H2,1H3. The Bertz CT molecular complexity index is 243. The van der Waals surface area contributed by atoms with E-state index in [1.54, 1.807) is 6.92 Å². The zero-order valence-electron chi connectivity index (χ0n) is 8.65. The van der Waals surface area contributed by atoms with Crippen LogP contribution in [-0.2, 0) is 19.0 Å². The maximum atomic E-state index is 11.6. The number of hydrogen-bond acceptors (Lipinski definition) is 6. The van der Waals surface area contributed by atoms with Gasteiger partial charge in [-0.2, -0.15) is 0 Å². The maximum absolute atomic E-state index is 11.6. The number of nitrogens with two attached hydrogens (primary N) is 1. The van der Waals surface area contributed by atoms with Gasteiger partial charge < -0.3 is 19.9 Å². The van der Waals surface area contributed by atoms with Crippen molar-refractivity contribution in [3.63, 3.8) is 0 Å². The second-order valence-electron chi connectivity index (χ2n) is 3.67. The minimum Gasteiger partial charge on any atom is -0.465 e. The number of hydrogen-bond donors (Lipinski definition) is 1. The molecule has 0 amide bonds. The Balaban J connectivity index is 2.40. The van der Waals surface area contributed by atoms with Gasteiger partial charge in [-0.25, -0.2) is 4.79 Å². The Morgan fingerprint density at radius 1 is 1.53 bits per heavy atom. The van der Waals surface area contributed by atoms with Crippen molar-refractivity contribution in [2.75, 3.05) is 26.4 Å². The fourth-order valence-electron chi connectivity index (χ4n) is 1.06. The van der Waals surface area contributed by atoms with Crippen molar-refractivity contribution in [3.8, 4) is 0 Å². The number of cyclic esters (lactones) is 2. The summed E-state index contributed by atoms with van der Waals surface area (Å²) in [5.41, 5.74) is 4.36. The van der Waals surface area contributed by atoms with E-state index in [2.05, 4.69) is 9.47 Å². The topological polar surface area (TPSA) is 87.9 Å². The SMILES string of the molecule is CC1(C(=O)OCCCN)COC(=O)OC1. The molecule has 0 bridgehead atoms. The van der Waals surface area contributed by atoms with E-state index in [-0.39, 0.29) is 19.8 Å². The number of carbonyl (C=O) groups excluding carboxylic acids is 2. The first-order valence-corrected chi connectivity index (χ1v) is 4.75. The summed E-state index contributed by atoms with van der Waals surface area (Å²) in [6.07, 6.45) is -0.134. The minimum absolute atomic E-state index is 0.00666. The van der Waals surface area contributed by atoms with Gasteiger partial charge in [-0.1, -0.05) is 0 Å². The van der Waals surface area contributed by atoms with E-state index in [1.807, 2.05) is 0 Å². The first-order chi connectivity index (χ1) is 7.08. The molecule has 15 heavy (non-hydrogen) atoms. The van der Waals surface area contributed by atoms with Gasteiger partial charge in [0.1, 0.15) is 18.6 Å². The predicted molar refractivity (Wildman–Crippen MR) is 50.0 cm³/mol. The van der Waals surface area contributed by atoms with Crippen molar-refractivity contribution in [2.24, 2.45) is 11.1 Å². The van der Waals surface area contributed by atoms with Gasteiger partial charge in [-0.3, -0.25) is 4.79 Å². The Morgan fingerprint density at radius 2 is 2.13 bits per heavy atom. The van der Waals surface area contributed by atoms with Crippen LogP contribution < -0.4 is 5.73 Å². The molecule has 0 aromatic rings. The summed E-state index contributed by atoms with van der Waals surface area (Å²) < 4.78 is 14.2. The molecule has 1 saturated heterocycles. The van der Waals surface area contributed by atoms with Crippen molar-refractivity contribution in [1.82, 2.24) is 0 Å². The van der Waals surface area contributed by atoms with Crippen LogP contribution >= 0.6 is 0 Å². The Labute approximate surface area is 87.7 Å². The Hall–Kier alpha value is -1.30. The first-order valence-electron chi connectivity index (χ1n) is 4.75. The lowest BCUT2D eigenvalue weighted by atomic mass is 9.93. The summed E-state index contributed by atoms with van der Waals surface area (Å²) in [4.78, 5) is 22.2. The average Bonchev–Trinajstić information content (AvgIpc) is 2.23. The van der Waals surface area contributed by atoms with E-state index >= 15 is 0 Å². The number of carbonyl (C=O) groups is 2. The second kappa shape index (κ2) is 4.97. The molecule has 0 unspecified atom stereocenters. The highest BCUT2D eigenvalue weighted by atomic mass is 16.7. The molecular formula is C9H15NO5. The molecule has 0 aliphatic carbocycles. The Morgan fingerprint density at radius 3 is 2.67 bits per heavy atom. The van der Waals surface area contributed by atoms with Gasteiger partial charge in [0.25, 0.3) is 0 Å². The lowest BCUT2D eigenvalue weighted by Gasteiger charge is -2.29. The number of ether oxygens (including phenoxy) is 3. The second-order valence-corrected chi connectivity index (χ2v) is 3.67. The van der Waals surface area contributed by atoms with Gasteiger partial charge in [0.2, 0.25) is 0 Å². The third-order valence-corrected chi connectivity index (χ3v) is 2.09. The van der Waals surface area contributed by atoms with Crippen LogP contribution in [0.1, 0.15) is 13.3 Å². The van der Waals surface area contributed by atoms with Crippen LogP contribution in [0.3, 0.4) is 0 Å². The molecule has 0 spiro atoms. The Kier molecular flexibility index (Phi) is 3.90. The first kappa shape index (κ1) is 11.8. The zero-order chi connectivity index (χ0) is 11.3. The van der Waals surface area contributed by atoms with Gasteiger partial charge in [0.15, 0.2) is 0 Å². The van der Waals surface area contributed by atoms with Crippen LogP contribution in [0.25, 0.3) is 0 Å². The van der Waals surface area contributed by atoms with E-state index in [9.17, 15) is 9.59 Å². The van der Waals surface area contributed by atoms with Gasteiger partial charge in [0, 0.05) is 0 Å². The van der Waals surface area contributed by atoms with Crippen molar-refractivity contribution in [2.45, 2.75) is 13.3 Å². The van der Waals surface area contributed by atoms with E-state index in [0.29, 0.717) is 13.0 Å². The van der Waals surface area contributed by atoms with Crippen LogP contribution in [0.15, 0.2) is 0 Å². The molecule has 6 heteroatoms. The maximum Gasteiger partial charge on any atom is 0.508 e. The summed E-state index contributed by atoms with van der Waals surface area (Å²) >= 11 is 0. The van der Waals surface area contributed by atoms with Crippen LogP contribution in [0.2, 0.25) is 0 Å². The van der Waals surface area contributed by atoms with Gasteiger partial charge in [-0.15, -0.1) is 0 Å². The van der Waals surface area contributed by atoms with Crippen LogP contribution in [0.4, 0.5) is 4.79 Å². The molecule has 2 N–H and O–H groups in total. The molecule has 1 aliphatic rings. The third-order valence-electron chi connectivity index (χ3n) is 2.09. The molecule has 0 aromatic heterocycles. The van der Waals surface area contributed by atoms with E-state index in [4.69, 9.17) is 10.5 Å². The molecule has 1 fully saturated rings. The highest BCUT2D eigenvalue weighted by Gasteiger charge is 2.41. The van der Waals surface area contributed by atoms with Crippen molar-refractivity contribution in [3.05, 3.63) is 0 Å². The molecule has 0 atom stereocenters. The monoisotopic (exact) mass is 217 g/mol. The fourth-order valence-corrected chi connectivity index (χ4v) is 1.06.